The van der Waals surface area contributed by atoms with Crippen molar-refractivity contribution in [3.05, 3.63) is 29.3 Å². The van der Waals surface area contributed by atoms with E-state index in [1.807, 2.05) is 12.1 Å². The van der Waals surface area contributed by atoms with E-state index in [-0.39, 0.29) is 12.1 Å². The molecule has 0 bridgehead atoms. The van der Waals surface area contributed by atoms with E-state index in [9.17, 15) is 4.79 Å². The highest BCUT2D eigenvalue weighted by Gasteiger charge is 2.32. The van der Waals surface area contributed by atoms with E-state index in [1.54, 1.807) is 21.1 Å². The van der Waals surface area contributed by atoms with Crippen molar-refractivity contribution < 1.29 is 14.3 Å². The number of aryl methyl sites for hydroxylation is 1. The molecule has 0 aliphatic heterocycles. The van der Waals surface area contributed by atoms with Crippen LogP contribution < -0.4 is 20.7 Å². The molecule has 1 aromatic rings. The minimum absolute atomic E-state index is 0.0551. The second-order valence-electron chi connectivity index (χ2n) is 6.75. The molecule has 7 nitrogen and oxygen atoms in total. The van der Waals surface area contributed by atoms with Crippen molar-refractivity contribution >= 4 is 12.1 Å². The Kier molecular flexibility index (Phi) is 8.23. The molecular weight excluding hydrogens is 344 g/mol. The van der Waals surface area contributed by atoms with Crippen LogP contribution in [-0.4, -0.2) is 51.9 Å². The van der Waals surface area contributed by atoms with Crippen LogP contribution in [0.2, 0.25) is 0 Å². The highest BCUT2D eigenvalue weighted by molar-refractivity contribution is 5.79. The quantitative estimate of drug-likeness (QED) is 0.455. The first-order valence-corrected chi connectivity index (χ1v) is 9.58. The van der Waals surface area contributed by atoms with Gasteiger partial charge in [-0.05, 0) is 50.7 Å². The Bertz CT molecular complexity index is 644. The van der Waals surface area contributed by atoms with Gasteiger partial charge in [-0.3, -0.25) is 4.99 Å². The number of hydrogen-bond donors (Lipinski definition) is 3. The summed E-state index contributed by atoms with van der Waals surface area (Å²) >= 11 is 0. The zero-order valence-corrected chi connectivity index (χ0v) is 16.8. The van der Waals surface area contributed by atoms with Crippen molar-refractivity contribution in [2.75, 3.05) is 33.9 Å². The van der Waals surface area contributed by atoms with E-state index in [4.69, 9.17) is 9.47 Å². The van der Waals surface area contributed by atoms with Crippen LogP contribution in [0.4, 0.5) is 4.79 Å². The molecule has 1 aromatic carbocycles. The summed E-state index contributed by atoms with van der Waals surface area (Å²) in [6.45, 7) is 5.61. The lowest BCUT2D eigenvalue weighted by atomic mass is 10.1. The van der Waals surface area contributed by atoms with Gasteiger partial charge >= 0.3 is 6.09 Å². The van der Waals surface area contributed by atoms with Gasteiger partial charge in [-0.2, -0.15) is 0 Å². The molecule has 0 radical (unpaired) electrons. The Hall–Kier alpha value is -2.44. The van der Waals surface area contributed by atoms with Crippen molar-refractivity contribution in [3.8, 4) is 5.75 Å². The van der Waals surface area contributed by atoms with Gasteiger partial charge in [-0.25, -0.2) is 4.79 Å². The summed E-state index contributed by atoms with van der Waals surface area (Å²) in [5, 5.41) is 9.56. The largest absolute Gasteiger partial charge is 0.496 e. The van der Waals surface area contributed by atoms with Gasteiger partial charge < -0.3 is 25.4 Å². The van der Waals surface area contributed by atoms with Gasteiger partial charge in [-0.15, -0.1) is 0 Å². The molecule has 1 aliphatic carbocycles. The van der Waals surface area contributed by atoms with E-state index in [1.165, 1.54) is 11.1 Å². The number of rotatable bonds is 9. The fourth-order valence-corrected chi connectivity index (χ4v) is 3.00. The minimum Gasteiger partial charge on any atom is -0.496 e. The maximum absolute atomic E-state index is 11.7. The fraction of sp³-hybridized carbons (Fsp3) is 0.600. The molecule has 0 saturated heterocycles. The van der Waals surface area contributed by atoms with E-state index in [0.29, 0.717) is 19.1 Å². The zero-order chi connectivity index (χ0) is 19.6. The summed E-state index contributed by atoms with van der Waals surface area (Å²) in [4.78, 5) is 16.0. The van der Waals surface area contributed by atoms with Crippen LogP contribution in [-0.2, 0) is 11.2 Å². The number of aliphatic imine (C=N–C) groups is 1. The van der Waals surface area contributed by atoms with E-state index in [0.717, 1.165) is 37.5 Å². The predicted molar refractivity (Wildman–Crippen MR) is 107 cm³/mol. The van der Waals surface area contributed by atoms with E-state index in [2.05, 4.69) is 33.9 Å². The first kappa shape index (κ1) is 20.9. The number of ether oxygens (including phenoxy) is 2. The lowest BCUT2D eigenvalue weighted by Gasteiger charge is -2.20. The Morgan fingerprint density at radius 3 is 2.74 bits per heavy atom. The Labute approximate surface area is 161 Å². The molecule has 1 aliphatic rings. The average molecular weight is 377 g/mol. The van der Waals surface area contributed by atoms with Crippen molar-refractivity contribution in [3.63, 3.8) is 0 Å². The summed E-state index contributed by atoms with van der Waals surface area (Å²) in [5.74, 6) is 2.13. The van der Waals surface area contributed by atoms with Crippen LogP contribution in [0.5, 0.6) is 5.75 Å². The SMILES string of the molecule is CCOC(=O)NC(CNC(=NC)NCCc1cc(C)ccc1OC)C1CC1. The summed E-state index contributed by atoms with van der Waals surface area (Å²) in [5.41, 5.74) is 2.38. The topological polar surface area (TPSA) is 84.0 Å². The standard InChI is InChI=1S/C20H32N4O3/c1-5-27-20(25)24-17(15-7-8-15)13-23-19(21-3)22-11-10-16-12-14(2)6-9-18(16)26-4/h6,9,12,15,17H,5,7-8,10-11,13H2,1-4H3,(H,24,25)(H2,21,22,23). The number of hydrogen-bond acceptors (Lipinski definition) is 4. The Balaban J connectivity index is 1.80. The molecule has 1 saturated carbocycles. The number of alkyl carbamates (subject to hydrolysis) is 1. The number of benzene rings is 1. The molecule has 0 heterocycles. The van der Waals surface area contributed by atoms with Crippen LogP contribution in [0.1, 0.15) is 30.9 Å². The normalized spacial score (nSPS) is 15.0. The second kappa shape index (κ2) is 10.6. The fourth-order valence-electron chi connectivity index (χ4n) is 3.00. The van der Waals surface area contributed by atoms with Crippen LogP contribution in [0.15, 0.2) is 23.2 Å². The highest BCUT2D eigenvalue weighted by Crippen LogP contribution is 2.32. The molecule has 0 spiro atoms. The molecule has 2 rings (SSSR count). The number of amides is 1. The summed E-state index contributed by atoms with van der Waals surface area (Å²) in [7, 11) is 3.43. The van der Waals surface area contributed by atoms with Crippen LogP contribution in [0.25, 0.3) is 0 Å². The van der Waals surface area contributed by atoms with Gasteiger partial charge in [0.1, 0.15) is 5.75 Å². The van der Waals surface area contributed by atoms with Gasteiger partial charge in [0, 0.05) is 20.1 Å². The highest BCUT2D eigenvalue weighted by atomic mass is 16.5. The van der Waals surface area contributed by atoms with Crippen molar-refractivity contribution in [1.82, 2.24) is 16.0 Å². The molecule has 1 atom stereocenters. The summed E-state index contributed by atoms with van der Waals surface area (Å²) < 4.78 is 10.4. The number of carbonyl (C=O) groups is 1. The lowest BCUT2D eigenvalue weighted by molar-refractivity contribution is 0.146. The smallest absolute Gasteiger partial charge is 0.407 e. The number of nitrogens with zero attached hydrogens (tertiary/aromatic N) is 1. The van der Waals surface area contributed by atoms with Crippen LogP contribution >= 0.6 is 0 Å². The first-order valence-electron chi connectivity index (χ1n) is 9.58. The average Bonchev–Trinajstić information content (AvgIpc) is 3.49. The molecular formula is C20H32N4O3. The van der Waals surface area contributed by atoms with Crippen LogP contribution in [0.3, 0.4) is 0 Å². The molecule has 7 heteroatoms. The molecule has 0 aromatic heterocycles. The Morgan fingerprint density at radius 2 is 2.11 bits per heavy atom. The molecule has 3 N–H and O–H groups in total. The van der Waals surface area contributed by atoms with Gasteiger partial charge in [0.2, 0.25) is 0 Å². The number of guanidine groups is 1. The van der Waals surface area contributed by atoms with E-state index >= 15 is 0 Å². The van der Waals surface area contributed by atoms with Gasteiger partial charge in [0.05, 0.1) is 19.8 Å². The number of nitrogens with one attached hydrogen (secondary N) is 3. The maximum atomic E-state index is 11.7. The molecule has 1 amide bonds. The molecule has 150 valence electrons. The summed E-state index contributed by atoms with van der Waals surface area (Å²) in [6, 6.07) is 6.24. The van der Waals surface area contributed by atoms with Gasteiger partial charge in [0.15, 0.2) is 5.96 Å². The van der Waals surface area contributed by atoms with Gasteiger partial charge in [0.25, 0.3) is 0 Å². The minimum atomic E-state index is -0.356. The lowest BCUT2D eigenvalue weighted by Crippen LogP contribution is -2.48. The predicted octanol–water partition coefficient (Wildman–Crippen LogP) is 2.24. The maximum Gasteiger partial charge on any atom is 0.407 e. The van der Waals surface area contributed by atoms with Crippen molar-refractivity contribution in [2.24, 2.45) is 10.9 Å². The van der Waals surface area contributed by atoms with E-state index < -0.39 is 0 Å². The second-order valence-corrected chi connectivity index (χ2v) is 6.75. The monoisotopic (exact) mass is 376 g/mol. The zero-order valence-electron chi connectivity index (χ0n) is 16.8. The molecule has 1 fully saturated rings. The number of methoxy groups -OCH3 is 1. The molecule has 1 unspecified atom stereocenters. The number of carbonyl (C=O) groups excluding carboxylic acids is 1. The van der Waals surface area contributed by atoms with Gasteiger partial charge in [-0.1, -0.05) is 17.7 Å². The molecule has 27 heavy (non-hydrogen) atoms. The third-order valence-electron chi connectivity index (χ3n) is 4.61. The Morgan fingerprint density at radius 1 is 1.33 bits per heavy atom. The van der Waals surface area contributed by atoms with Crippen LogP contribution in [0, 0.1) is 12.8 Å². The first-order chi connectivity index (χ1) is 13.1. The van der Waals surface area contributed by atoms with Crippen molar-refractivity contribution in [1.29, 1.82) is 0 Å². The third kappa shape index (κ3) is 7.00. The summed E-state index contributed by atoms with van der Waals surface area (Å²) in [6.07, 6.45) is 2.75. The third-order valence-corrected chi connectivity index (χ3v) is 4.61. The van der Waals surface area contributed by atoms with Crippen molar-refractivity contribution in [2.45, 2.75) is 39.2 Å².